The molecule has 0 spiro atoms. The van der Waals surface area contributed by atoms with Crippen molar-refractivity contribution in [2.24, 2.45) is 0 Å². The molecular weight excluding hydrogens is 278 g/mol. The van der Waals surface area contributed by atoms with Gasteiger partial charge >= 0.3 is 118 Å². The molecule has 0 aliphatic rings. The molecule has 0 aromatic heterocycles. The molecule has 0 fully saturated rings. The van der Waals surface area contributed by atoms with E-state index < -0.39 is 9.03 Å². The summed E-state index contributed by atoms with van der Waals surface area (Å²) in [6.07, 6.45) is 0. The van der Waals surface area contributed by atoms with Crippen LogP contribution >= 0.6 is 9.03 Å². The van der Waals surface area contributed by atoms with Gasteiger partial charge in [0.05, 0.1) is 0 Å². The molecule has 2 N–H and O–H groups in total. The Morgan fingerprint density at radius 2 is 1.57 bits per heavy atom. The second-order valence-electron chi connectivity index (χ2n) is 4.91. The van der Waals surface area contributed by atoms with E-state index in [1.54, 1.807) is 17.7 Å². The number of hydrogen-bond acceptors (Lipinski definition) is 3. The van der Waals surface area contributed by atoms with Gasteiger partial charge in [-0.05, 0) is 0 Å². The van der Waals surface area contributed by atoms with E-state index >= 15 is 0 Å². The van der Waals surface area contributed by atoms with E-state index in [1.807, 2.05) is 32.0 Å². The fourth-order valence-corrected chi connectivity index (χ4v) is 2.78. The van der Waals surface area contributed by atoms with Crippen molar-refractivity contribution >= 4 is 31.2 Å². The zero-order chi connectivity index (χ0) is 16.0. The zero-order valence-electron chi connectivity index (χ0n) is 12.8. The molecule has 0 atom stereocenters. The maximum atomic E-state index is 11.8. The summed E-state index contributed by atoms with van der Waals surface area (Å²) in [6.45, 7) is 6.15. The molecule has 2 aromatic carbocycles. The Labute approximate surface area is 136 Å². The Hall–Kier alpha value is -0.943. The van der Waals surface area contributed by atoms with Gasteiger partial charge in [0.15, 0.2) is 0 Å². The summed E-state index contributed by atoms with van der Waals surface area (Å²) in [5, 5.41) is 0. The molecule has 2 aromatic rings. The molecule has 0 saturated carbocycles. The van der Waals surface area contributed by atoms with E-state index in [4.69, 9.17) is 9.79 Å². The Kier molecular flexibility index (Phi) is 7.32. The van der Waals surface area contributed by atoms with Gasteiger partial charge in [0.25, 0.3) is 0 Å². The molecule has 106 valence electrons. The van der Waals surface area contributed by atoms with Crippen LogP contribution in [-0.2, 0) is 0 Å². The normalized spacial score (nSPS) is 9.86. The summed E-state index contributed by atoms with van der Waals surface area (Å²) in [6, 6.07) is 12.4. The molecule has 21 heavy (non-hydrogen) atoms. The van der Waals surface area contributed by atoms with E-state index in [1.165, 1.54) is 16.7 Å². The van der Waals surface area contributed by atoms with Gasteiger partial charge in [-0.1, -0.05) is 0 Å². The monoisotopic (exact) mass is 296 g/mol. The van der Waals surface area contributed by atoms with Crippen LogP contribution < -0.4 is 0 Å². The average molecular weight is 296 g/mol. The number of aryl methyl sites for hydroxylation is 2. The molecule has 0 saturated heterocycles. The molecule has 0 aliphatic heterocycles. The van der Waals surface area contributed by atoms with Gasteiger partial charge in [0, 0.05) is 0 Å². The van der Waals surface area contributed by atoms with Crippen molar-refractivity contribution in [1.29, 1.82) is 0 Å². The van der Waals surface area contributed by atoms with Crippen molar-refractivity contribution in [3.63, 3.8) is 0 Å². The van der Waals surface area contributed by atoms with Crippen LogP contribution in [0.3, 0.4) is 0 Å². The Morgan fingerprint density at radius 1 is 1.05 bits per heavy atom. The first-order valence-corrected chi connectivity index (χ1v) is 7.53. The molecule has 0 amide bonds. The third kappa shape index (κ3) is 4.51. The number of carbonyl (C=O) groups is 1. The van der Waals surface area contributed by atoms with Crippen molar-refractivity contribution in [2.75, 3.05) is 0 Å². The summed E-state index contributed by atoms with van der Waals surface area (Å²) in [5.74, 6) is 0. The van der Waals surface area contributed by atoms with Crippen molar-refractivity contribution in [2.45, 2.75) is 20.8 Å². The maximum absolute atomic E-state index is 11.8. The van der Waals surface area contributed by atoms with Crippen LogP contribution in [0.5, 0.6) is 0 Å². The Balaban J connectivity index is 0.000000677. The minimum atomic E-state index is -0.917. The van der Waals surface area contributed by atoms with Crippen LogP contribution in [0, 0.1) is 20.8 Å². The van der Waals surface area contributed by atoms with Crippen molar-refractivity contribution in [3.8, 4) is 11.1 Å². The van der Waals surface area contributed by atoms with Gasteiger partial charge in [-0.2, -0.15) is 0 Å². The first kappa shape index (κ1) is 18.1. The predicted octanol–water partition coefficient (Wildman–Crippen LogP) is 3.07. The van der Waals surface area contributed by atoms with Gasteiger partial charge in [0.1, 0.15) is 9.03 Å². The van der Waals surface area contributed by atoms with Crippen LogP contribution in [0.1, 0.15) is 27.0 Å². The molecule has 0 heterocycles. The summed E-state index contributed by atoms with van der Waals surface area (Å²) in [5.41, 5.74) is 6.60. The molecule has 0 aliphatic carbocycles. The summed E-state index contributed by atoms with van der Waals surface area (Å²) in [4.78, 5) is 26.1. The van der Waals surface area contributed by atoms with Crippen LogP contribution in [0.2, 0.25) is 0 Å². The van der Waals surface area contributed by atoms with Gasteiger partial charge in [-0.3, -0.25) is 0 Å². The van der Waals surface area contributed by atoms with E-state index in [0.29, 0.717) is 0 Å². The topological polar surface area (TPSA) is 57.5 Å². The number of benzene rings is 2. The molecule has 0 unspecified atom stereocenters. The van der Waals surface area contributed by atoms with Crippen LogP contribution in [0.4, 0.5) is 0 Å². The van der Waals surface area contributed by atoms with Gasteiger partial charge in [0.2, 0.25) is 0 Å². The molecule has 5 heteroatoms. The Bertz CT molecular complexity index is 627. The van der Waals surface area contributed by atoms with E-state index in [0.717, 1.165) is 16.7 Å². The third-order valence-electron chi connectivity index (χ3n) is 3.39. The van der Waals surface area contributed by atoms with Crippen LogP contribution in [0.25, 0.3) is 11.1 Å². The fraction of sp³-hybridized carbons (Fsp3) is 0.188. The molecule has 0 bridgehead atoms. The van der Waals surface area contributed by atoms with E-state index in [9.17, 15) is 4.79 Å². The Morgan fingerprint density at radius 3 is 2.05 bits per heavy atom. The molecule has 0 radical (unpaired) electrons. The summed E-state index contributed by atoms with van der Waals surface area (Å²) < 4.78 is 0.141. The predicted molar refractivity (Wildman–Crippen MR) is 88.9 cm³/mol. The SMILES string of the molecule is OPO.[Li][C](=O)c1c(C)cc(C)c(-c2ccccc2)c1C. The van der Waals surface area contributed by atoms with Gasteiger partial charge in [-0.25, -0.2) is 0 Å². The van der Waals surface area contributed by atoms with E-state index in [-0.39, 0.29) is 4.46 Å². The third-order valence-corrected chi connectivity index (χ3v) is 3.39. The van der Waals surface area contributed by atoms with Crippen molar-refractivity contribution < 1.29 is 14.6 Å². The van der Waals surface area contributed by atoms with Crippen molar-refractivity contribution in [3.05, 3.63) is 58.7 Å². The summed E-state index contributed by atoms with van der Waals surface area (Å²) >= 11 is 1.64. The van der Waals surface area contributed by atoms with Crippen molar-refractivity contribution in [1.82, 2.24) is 0 Å². The number of carbonyl (C=O) groups excluding carboxylic acids is 1. The molecular formula is C16H18LiO3P. The minimum absolute atomic E-state index is 0.141. The van der Waals surface area contributed by atoms with Gasteiger partial charge in [-0.15, -0.1) is 0 Å². The van der Waals surface area contributed by atoms with Crippen LogP contribution in [0.15, 0.2) is 36.4 Å². The second kappa shape index (κ2) is 8.49. The second-order valence-corrected chi connectivity index (χ2v) is 5.11. The molecule has 2 rings (SSSR count). The first-order valence-electron chi connectivity index (χ1n) is 6.64. The average Bonchev–Trinajstić information content (AvgIpc) is 2.39. The van der Waals surface area contributed by atoms with Crippen LogP contribution in [-0.4, -0.2) is 32.0 Å². The molecule has 3 nitrogen and oxygen atoms in total. The summed E-state index contributed by atoms with van der Waals surface area (Å²) in [7, 11) is -0.917. The van der Waals surface area contributed by atoms with Gasteiger partial charge < -0.3 is 9.79 Å². The fourth-order valence-electron chi connectivity index (χ4n) is 2.78. The number of hydrogen-bond donors (Lipinski definition) is 2. The van der Waals surface area contributed by atoms with E-state index in [2.05, 4.69) is 25.1 Å². The first-order chi connectivity index (χ1) is 9.93. The standard InChI is InChI=1S/C16H15O.Li.H3O2P/c1-11-9-12(2)16(13(3)15(11)10-17)14-7-5-4-6-8-14;;1-3-2/h4-9H,1-3H3;;1-3H. The number of rotatable bonds is 2. The zero-order valence-corrected chi connectivity index (χ0v) is 13.8. The quantitative estimate of drug-likeness (QED) is 0.661.